The minimum Gasteiger partial charge on any atom is -0.433 e. The van der Waals surface area contributed by atoms with Gasteiger partial charge in [0.25, 0.3) is 5.88 Å². The second-order valence-electron chi connectivity index (χ2n) is 2.82. The van der Waals surface area contributed by atoms with Crippen LogP contribution in [-0.2, 0) is 0 Å². The third-order valence-corrected chi connectivity index (χ3v) is 1.91. The summed E-state index contributed by atoms with van der Waals surface area (Å²) in [4.78, 5) is 6.91. The number of nitrogens with zero attached hydrogens (tertiary/aromatic N) is 2. The van der Waals surface area contributed by atoms with Gasteiger partial charge in [-0.1, -0.05) is 12.1 Å². The number of para-hydroxylation sites is 1. The Morgan fingerprint density at radius 1 is 1.12 bits per heavy atom. The molecule has 0 N–H and O–H groups in total. The molecule has 82 valence electrons. The largest absolute Gasteiger partial charge is 0.433 e. The first-order valence-corrected chi connectivity index (χ1v) is 4.65. The van der Waals surface area contributed by atoms with Crippen LogP contribution in [0.1, 0.15) is 0 Å². The van der Waals surface area contributed by atoms with Crippen molar-refractivity contribution in [2.45, 2.75) is 0 Å². The molecule has 0 saturated heterocycles. The molecule has 0 atom stereocenters. The van der Waals surface area contributed by atoms with Crippen molar-refractivity contribution >= 4 is 11.6 Å². The van der Waals surface area contributed by atoms with Crippen LogP contribution < -0.4 is 4.74 Å². The monoisotopic (exact) mass is 242 g/mol. The van der Waals surface area contributed by atoms with Gasteiger partial charge in [0.05, 0.1) is 6.20 Å². The van der Waals surface area contributed by atoms with Crippen LogP contribution in [0.5, 0.6) is 11.6 Å². The van der Waals surface area contributed by atoms with Crippen LogP contribution >= 0.6 is 11.6 Å². The molecule has 2 aromatic rings. The van der Waals surface area contributed by atoms with E-state index >= 15 is 0 Å². The van der Waals surface area contributed by atoms with Crippen molar-refractivity contribution < 1.29 is 13.5 Å². The van der Waals surface area contributed by atoms with Crippen LogP contribution in [0, 0.1) is 11.6 Å². The summed E-state index contributed by atoms with van der Waals surface area (Å²) in [5, 5.41) is -0.173. The summed E-state index contributed by atoms with van der Waals surface area (Å²) in [6.45, 7) is 0. The first-order chi connectivity index (χ1) is 7.66. The highest BCUT2D eigenvalue weighted by Gasteiger charge is 2.10. The molecule has 0 fully saturated rings. The standard InChI is InChI=1S/C10H5ClF2N2O/c11-10-14-5-7(13)9(15-10)16-8-4-2-1-3-6(8)12/h1-5H. The number of rotatable bonds is 2. The quantitative estimate of drug-likeness (QED) is 0.759. The lowest BCUT2D eigenvalue weighted by atomic mass is 10.3. The number of hydrogen-bond donors (Lipinski definition) is 0. The number of aromatic nitrogens is 2. The van der Waals surface area contributed by atoms with E-state index in [-0.39, 0.29) is 11.0 Å². The fourth-order valence-electron chi connectivity index (χ4n) is 1.03. The number of halogens is 3. The highest BCUT2D eigenvalue weighted by atomic mass is 35.5. The van der Waals surface area contributed by atoms with Crippen molar-refractivity contribution in [3.63, 3.8) is 0 Å². The van der Waals surface area contributed by atoms with Crippen molar-refractivity contribution in [1.29, 1.82) is 0 Å². The van der Waals surface area contributed by atoms with Crippen LogP contribution in [0.25, 0.3) is 0 Å². The summed E-state index contributed by atoms with van der Waals surface area (Å²) in [5.41, 5.74) is 0. The highest BCUT2D eigenvalue weighted by molar-refractivity contribution is 6.28. The molecule has 16 heavy (non-hydrogen) atoms. The summed E-state index contributed by atoms with van der Waals surface area (Å²) in [6, 6.07) is 5.59. The lowest BCUT2D eigenvalue weighted by molar-refractivity contribution is 0.396. The molecule has 0 aliphatic heterocycles. The molecule has 1 heterocycles. The van der Waals surface area contributed by atoms with Crippen LogP contribution in [0.4, 0.5) is 8.78 Å². The summed E-state index contributed by atoms with van der Waals surface area (Å²) >= 11 is 5.46. The van der Waals surface area contributed by atoms with Gasteiger partial charge < -0.3 is 4.74 Å². The second-order valence-corrected chi connectivity index (χ2v) is 3.16. The predicted molar refractivity (Wildman–Crippen MR) is 53.5 cm³/mol. The fraction of sp³-hybridized carbons (Fsp3) is 0. The maximum Gasteiger partial charge on any atom is 0.260 e. The van der Waals surface area contributed by atoms with Crippen molar-refractivity contribution in [1.82, 2.24) is 9.97 Å². The molecular weight excluding hydrogens is 238 g/mol. The van der Waals surface area contributed by atoms with Gasteiger partial charge >= 0.3 is 0 Å². The average Bonchev–Trinajstić information content (AvgIpc) is 2.27. The van der Waals surface area contributed by atoms with Crippen LogP contribution in [-0.4, -0.2) is 9.97 Å². The normalized spacial score (nSPS) is 10.2. The van der Waals surface area contributed by atoms with E-state index in [1.54, 1.807) is 6.07 Å². The third-order valence-electron chi connectivity index (χ3n) is 1.73. The van der Waals surface area contributed by atoms with Crippen LogP contribution in [0.2, 0.25) is 5.28 Å². The average molecular weight is 243 g/mol. The molecule has 1 aromatic carbocycles. The number of benzene rings is 1. The van der Waals surface area contributed by atoms with Gasteiger partial charge in [-0.25, -0.2) is 9.37 Å². The van der Waals surface area contributed by atoms with E-state index < -0.39 is 17.5 Å². The molecule has 0 amide bonds. The number of ether oxygens (including phenoxy) is 1. The van der Waals surface area contributed by atoms with Crippen molar-refractivity contribution in [2.24, 2.45) is 0 Å². The molecular formula is C10H5ClF2N2O. The SMILES string of the molecule is Fc1ccccc1Oc1nc(Cl)ncc1F. The van der Waals surface area contributed by atoms with Gasteiger partial charge in [-0.3, -0.25) is 0 Å². The van der Waals surface area contributed by atoms with Gasteiger partial charge in [0, 0.05) is 0 Å². The van der Waals surface area contributed by atoms with Gasteiger partial charge in [-0.15, -0.1) is 0 Å². The van der Waals surface area contributed by atoms with E-state index in [0.717, 1.165) is 6.20 Å². The lowest BCUT2D eigenvalue weighted by Crippen LogP contribution is -1.95. The van der Waals surface area contributed by atoms with Crippen molar-refractivity contribution in [3.8, 4) is 11.6 Å². The smallest absolute Gasteiger partial charge is 0.260 e. The lowest BCUT2D eigenvalue weighted by Gasteiger charge is -2.05. The third kappa shape index (κ3) is 2.25. The molecule has 1 aromatic heterocycles. The Labute approximate surface area is 94.7 Å². The molecule has 3 nitrogen and oxygen atoms in total. The molecule has 0 spiro atoms. The van der Waals surface area contributed by atoms with Crippen molar-refractivity contribution in [2.75, 3.05) is 0 Å². The first kappa shape index (κ1) is 10.8. The van der Waals surface area contributed by atoms with Crippen LogP contribution in [0.3, 0.4) is 0 Å². The minimum atomic E-state index is -0.812. The molecule has 2 rings (SSSR count). The summed E-state index contributed by atoms with van der Waals surface area (Å²) in [5.74, 6) is -1.97. The van der Waals surface area contributed by atoms with Gasteiger partial charge in [0.15, 0.2) is 11.6 Å². The Kier molecular flexibility index (Phi) is 2.96. The molecule has 0 bridgehead atoms. The number of hydrogen-bond acceptors (Lipinski definition) is 3. The zero-order chi connectivity index (χ0) is 11.5. The van der Waals surface area contributed by atoms with Gasteiger partial charge in [0.2, 0.25) is 11.1 Å². The Balaban J connectivity index is 2.34. The topological polar surface area (TPSA) is 35.0 Å². The first-order valence-electron chi connectivity index (χ1n) is 4.27. The van der Waals surface area contributed by atoms with E-state index in [1.807, 2.05) is 0 Å². The van der Waals surface area contributed by atoms with Crippen molar-refractivity contribution in [3.05, 3.63) is 47.4 Å². The Morgan fingerprint density at radius 3 is 2.62 bits per heavy atom. The Morgan fingerprint density at radius 2 is 1.88 bits per heavy atom. The van der Waals surface area contributed by atoms with Crippen LogP contribution in [0.15, 0.2) is 30.5 Å². The molecule has 0 radical (unpaired) electrons. The second kappa shape index (κ2) is 4.40. The Bertz CT molecular complexity index is 522. The zero-order valence-electron chi connectivity index (χ0n) is 7.82. The van der Waals surface area contributed by atoms with Gasteiger partial charge in [0.1, 0.15) is 0 Å². The summed E-state index contributed by atoms with van der Waals surface area (Å²) < 4.78 is 31.3. The maximum absolute atomic E-state index is 13.2. The van der Waals surface area contributed by atoms with Gasteiger partial charge in [-0.2, -0.15) is 9.37 Å². The molecule has 6 heteroatoms. The Hall–Kier alpha value is -1.75. The summed E-state index contributed by atoms with van der Waals surface area (Å²) in [7, 11) is 0. The van der Waals surface area contributed by atoms with Gasteiger partial charge in [-0.05, 0) is 23.7 Å². The maximum atomic E-state index is 13.2. The zero-order valence-corrected chi connectivity index (χ0v) is 8.58. The molecule has 0 aliphatic carbocycles. The van der Waals surface area contributed by atoms with E-state index in [0.29, 0.717) is 0 Å². The molecule has 0 unspecified atom stereocenters. The fourth-order valence-corrected chi connectivity index (χ4v) is 1.16. The summed E-state index contributed by atoms with van der Waals surface area (Å²) in [6.07, 6.45) is 0.853. The van der Waals surface area contributed by atoms with E-state index in [1.165, 1.54) is 18.2 Å². The highest BCUT2D eigenvalue weighted by Crippen LogP contribution is 2.24. The minimum absolute atomic E-state index is 0.129. The molecule has 0 aliphatic rings. The van der Waals surface area contributed by atoms with E-state index in [2.05, 4.69) is 9.97 Å². The van der Waals surface area contributed by atoms with E-state index in [9.17, 15) is 8.78 Å². The van der Waals surface area contributed by atoms with E-state index in [4.69, 9.17) is 16.3 Å². The molecule has 0 saturated carbocycles. The predicted octanol–water partition coefficient (Wildman–Crippen LogP) is 3.20.